The van der Waals surface area contributed by atoms with E-state index in [2.05, 4.69) is 17.1 Å². The zero-order valence-corrected chi connectivity index (χ0v) is 10.3. The maximum absolute atomic E-state index is 10.8. The van der Waals surface area contributed by atoms with Gasteiger partial charge in [0.15, 0.2) is 0 Å². The number of carbonyl (C=O) groups is 1. The molecule has 3 atom stereocenters. The van der Waals surface area contributed by atoms with Gasteiger partial charge in [-0.2, -0.15) is 0 Å². The molecule has 0 aromatic carbocycles. The van der Waals surface area contributed by atoms with Crippen molar-refractivity contribution in [2.75, 3.05) is 6.54 Å². The van der Waals surface area contributed by atoms with Gasteiger partial charge in [0.2, 0.25) is 5.91 Å². The summed E-state index contributed by atoms with van der Waals surface area (Å²) in [5.74, 6) is -0.218. The number of rotatable bonds is 5. The summed E-state index contributed by atoms with van der Waals surface area (Å²) in [5.41, 5.74) is 5.19. The van der Waals surface area contributed by atoms with Crippen LogP contribution in [-0.4, -0.2) is 41.5 Å². The molecular weight excluding hydrogens is 202 g/mol. The number of carbonyl (C=O) groups excluding carboxylic acids is 1. The van der Waals surface area contributed by atoms with Crippen LogP contribution in [0.2, 0.25) is 0 Å². The Morgan fingerprint density at radius 2 is 2.25 bits per heavy atom. The smallest absolute Gasteiger partial charge is 0.218 e. The zero-order chi connectivity index (χ0) is 11.7. The van der Waals surface area contributed by atoms with E-state index in [-0.39, 0.29) is 11.9 Å². The third-order valence-electron chi connectivity index (χ3n) is 3.67. The largest absolute Gasteiger partial charge is 0.370 e. The lowest BCUT2D eigenvalue weighted by atomic mass is 10.1. The van der Waals surface area contributed by atoms with Crippen molar-refractivity contribution in [3.63, 3.8) is 0 Å². The number of primary amides is 1. The van der Waals surface area contributed by atoms with Gasteiger partial charge in [-0.05, 0) is 33.1 Å². The van der Waals surface area contributed by atoms with Gasteiger partial charge in [-0.15, -0.1) is 0 Å². The Morgan fingerprint density at radius 3 is 2.81 bits per heavy atom. The van der Waals surface area contributed by atoms with E-state index in [1.165, 1.54) is 19.3 Å². The molecule has 0 radical (unpaired) electrons. The van der Waals surface area contributed by atoms with E-state index in [1.54, 1.807) is 0 Å². The van der Waals surface area contributed by atoms with Gasteiger partial charge in [-0.25, -0.2) is 0 Å². The quantitative estimate of drug-likeness (QED) is 0.715. The van der Waals surface area contributed by atoms with Crippen molar-refractivity contribution in [1.29, 1.82) is 0 Å². The van der Waals surface area contributed by atoms with Crippen molar-refractivity contribution in [1.82, 2.24) is 10.2 Å². The lowest BCUT2D eigenvalue weighted by Crippen LogP contribution is -2.40. The summed E-state index contributed by atoms with van der Waals surface area (Å²) < 4.78 is 0. The molecular formula is C12H23N3O. The molecule has 0 spiro atoms. The van der Waals surface area contributed by atoms with E-state index in [0.29, 0.717) is 18.5 Å². The van der Waals surface area contributed by atoms with Gasteiger partial charge in [-0.1, -0.05) is 0 Å². The third-order valence-corrected chi connectivity index (χ3v) is 3.67. The Morgan fingerprint density at radius 1 is 1.56 bits per heavy atom. The van der Waals surface area contributed by atoms with Crippen molar-refractivity contribution >= 4 is 5.91 Å². The molecule has 16 heavy (non-hydrogen) atoms. The van der Waals surface area contributed by atoms with Crippen LogP contribution < -0.4 is 11.1 Å². The summed E-state index contributed by atoms with van der Waals surface area (Å²) in [6.07, 6.45) is 4.37. The second kappa shape index (κ2) is 4.72. The number of hydrogen-bond donors (Lipinski definition) is 2. The van der Waals surface area contributed by atoms with E-state index in [0.717, 1.165) is 12.6 Å². The van der Waals surface area contributed by atoms with E-state index in [1.807, 2.05) is 6.92 Å². The SMILES string of the molecule is CC(CC(N)=O)NC1CC(C)N(C2CC2)C1. The summed E-state index contributed by atoms with van der Waals surface area (Å²) in [6.45, 7) is 5.48. The molecule has 1 saturated heterocycles. The average Bonchev–Trinajstić information content (AvgIpc) is 2.90. The average molecular weight is 225 g/mol. The fourth-order valence-corrected chi connectivity index (χ4v) is 2.86. The second-order valence-corrected chi connectivity index (χ2v) is 5.45. The van der Waals surface area contributed by atoms with Crippen LogP contribution in [-0.2, 0) is 4.79 Å². The summed E-state index contributed by atoms with van der Waals surface area (Å²) in [5, 5.41) is 3.51. The molecule has 1 aliphatic heterocycles. The van der Waals surface area contributed by atoms with Crippen LogP contribution in [0, 0.1) is 0 Å². The van der Waals surface area contributed by atoms with Gasteiger partial charge in [0.25, 0.3) is 0 Å². The van der Waals surface area contributed by atoms with Crippen molar-refractivity contribution in [3.05, 3.63) is 0 Å². The fourth-order valence-electron chi connectivity index (χ4n) is 2.86. The minimum absolute atomic E-state index is 0.203. The number of hydrogen-bond acceptors (Lipinski definition) is 3. The standard InChI is InChI=1S/C12H23N3O/c1-8(5-12(13)16)14-10-6-9(2)15(7-10)11-3-4-11/h8-11,14H,3-7H2,1-2H3,(H2,13,16). The minimum atomic E-state index is -0.218. The van der Waals surface area contributed by atoms with Gasteiger partial charge < -0.3 is 11.1 Å². The molecule has 2 aliphatic rings. The highest BCUT2D eigenvalue weighted by Crippen LogP contribution is 2.33. The molecule has 4 nitrogen and oxygen atoms in total. The first-order valence-corrected chi connectivity index (χ1v) is 6.36. The first-order chi connectivity index (χ1) is 7.56. The summed E-state index contributed by atoms with van der Waals surface area (Å²) in [7, 11) is 0. The predicted octanol–water partition coefficient (Wildman–Crippen LogP) is 0.465. The Bertz CT molecular complexity index is 265. The van der Waals surface area contributed by atoms with Crippen LogP contribution in [0.1, 0.15) is 39.5 Å². The molecule has 2 fully saturated rings. The van der Waals surface area contributed by atoms with Crippen LogP contribution in [0.25, 0.3) is 0 Å². The van der Waals surface area contributed by atoms with Gasteiger partial charge in [0.05, 0.1) is 0 Å². The first kappa shape index (κ1) is 11.9. The van der Waals surface area contributed by atoms with E-state index in [4.69, 9.17) is 5.73 Å². The van der Waals surface area contributed by atoms with Gasteiger partial charge in [0, 0.05) is 37.1 Å². The number of nitrogens with one attached hydrogen (secondary N) is 1. The van der Waals surface area contributed by atoms with Crippen molar-refractivity contribution in [2.45, 2.75) is 63.7 Å². The lowest BCUT2D eigenvalue weighted by molar-refractivity contribution is -0.118. The molecule has 4 heteroatoms. The van der Waals surface area contributed by atoms with Gasteiger partial charge in [0.1, 0.15) is 0 Å². The number of likely N-dealkylation sites (tertiary alicyclic amines) is 1. The van der Waals surface area contributed by atoms with E-state index < -0.39 is 0 Å². The predicted molar refractivity (Wildman–Crippen MR) is 64.0 cm³/mol. The summed E-state index contributed by atoms with van der Waals surface area (Å²) in [4.78, 5) is 13.4. The lowest BCUT2D eigenvalue weighted by Gasteiger charge is -2.20. The normalized spacial score (nSPS) is 32.9. The van der Waals surface area contributed by atoms with Crippen molar-refractivity contribution in [3.8, 4) is 0 Å². The number of nitrogens with two attached hydrogens (primary N) is 1. The van der Waals surface area contributed by atoms with Gasteiger partial charge >= 0.3 is 0 Å². The summed E-state index contributed by atoms with van der Waals surface area (Å²) in [6, 6.07) is 2.26. The Balaban J connectivity index is 1.76. The second-order valence-electron chi connectivity index (χ2n) is 5.45. The molecule has 3 N–H and O–H groups in total. The molecule has 1 amide bonds. The molecule has 0 aromatic rings. The van der Waals surface area contributed by atoms with Crippen molar-refractivity contribution < 1.29 is 4.79 Å². The monoisotopic (exact) mass is 225 g/mol. The molecule has 0 bridgehead atoms. The van der Waals surface area contributed by atoms with Crippen LogP contribution >= 0.6 is 0 Å². The van der Waals surface area contributed by atoms with E-state index in [9.17, 15) is 4.79 Å². The highest BCUT2D eigenvalue weighted by Gasteiger charge is 2.38. The summed E-state index contributed by atoms with van der Waals surface area (Å²) >= 11 is 0. The third kappa shape index (κ3) is 2.95. The topological polar surface area (TPSA) is 58.4 Å². The minimum Gasteiger partial charge on any atom is -0.370 e. The molecule has 2 rings (SSSR count). The zero-order valence-electron chi connectivity index (χ0n) is 10.3. The van der Waals surface area contributed by atoms with Crippen LogP contribution in [0.15, 0.2) is 0 Å². The molecule has 1 aliphatic carbocycles. The highest BCUT2D eigenvalue weighted by molar-refractivity contribution is 5.74. The maximum atomic E-state index is 10.8. The molecule has 92 valence electrons. The highest BCUT2D eigenvalue weighted by atomic mass is 16.1. The number of amides is 1. The molecule has 3 unspecified atom stereocenters. The molecule has 1 saturated carbocycles. The van der Waals surface area contributed by atoms with Crippen LogP contribution in [0.5, 0.6) is 0 Å². The Labute approximate surface area is 97.6 Å². The maximum Gasteiger partial charge on any atom is 0.218 e. The van der Waals surface area contributed by atoms with E-state index >= 15 is 0 Å². The van der Waals surface area contributed by atoms with Crippen LogP contribution in [0.4, 0.5) is 0 Å². The van der Waals surface area contributed by atoms with Crippen LogP contribution in [0.3, 0.4) is 0 Å². The first-order valence-electron chi connectivity index (χ1n) is 6.36. The molecule has 1 heterocycles. The van der Waals surface area contributed by atoms with Crippen molar-refractivity contribution in [2.24, 2.45) is 5.73 Å². The van der Waals surface area contributed by atoms with Gasteiger partial charge in [-0.3, -0.25) is 9.69 Å². The Kier molecular flexibility index (Phi) is 3.50. The number of nitrogens with zero attached hydrogens (tertiary/aromatic N) is 1. The molecule has 0 aromatic heterocycles. The Hall–Kier alpha value is -0.610. The fraction of sp³-hybridized carbons (Fsp3) is 0.917.